The number of nitrogens with two attached hydrogens (primary N) is 1. The maximum absolute atomic E-state index is 13.3. The number of carbonyl (C=O) groups is 3. The SMILES string of the molecule is Cc1c(C)c(S(=O)(=O)NC(N)=NCCC[C@H](NC(=O)[C@@H]2CCCN2C(=O)CNS)C(=O)O)c(C)c2c1OC(C)(C)C2. The topological polar surface area (TPSA) is 193 Å². The number of fused-ring (bicyclic) bond motifs is 1. The quantitative estimate of drug-likeness (QED) is 0.0903. The lowest BCUT2D eigenvalue weighted by Gasteiger charge is -2.25. The van der Waals surface area contributed by atoms with Crippen molar-refractivity contribution in [1.29, 1.82) is 0 Å². The predicted molar refractivity (Wildman–Crippen MR) is 156 cm³/mol. The van der Waals surface area contributed by atoms with E-state index in [9.17, 15) is 27.9 Å². The molecule has 0 aliphatic carbocycles. The molecule has 15 heteroatoms. The van der Waals surface area contributed by atoms with Gasteiger partial charge < -0.3 is 25.8 Å². The van der Waals surface area contributed by atoms with Crippen molar-refractivity contribution in [3.63, 3.8) is 0 Å². The van der Waals surface area contributed by atoms with Gasteiger partial charge >= 0.3 is 5.97 Å². The van der Waals surface area contributed by atoms with Crippen LogP contribution in [0.1, 0.15) is 61.8 Å². The number of likely N-dealkylation sites (tertiary alicyclic amines) is 1. The number of carboxylic acids is 1. The molecule has 2 atom stereocenters. The molecule has 2 amide bonds. The first-order chi connectivity index (χ1) is 19.1. The number of benzene rings is 1. The molecular weight excluding hydrogens is 572 g/mol. The Kier molecular flexibility index (Phi) is 10.2. The third-order valence-electron chi connectivity index (χ3n) is 7.45. The molecule has 0 saturated carbocycles. The zero-order valence-electron chi connectivity index (χ0n) is 24.0. The van der Waals surface area contributed by atoms with Crippen LogP contribution in [0.4, 0.5) is 0 Å². The van der Waals surface area contributed by atoms with Crippen molar-refractivity contribution in [2.24, 2.45) is 10.7 Å². The number of nitrogens with one attached hydrogen (secondary N) is 3. The zero-order chi connectivity index (χ0) is 30.7. The van der Waals surface area contributed by atoms with Crippen molar-refractivity contribution in [3.8, 4) is 5.75 Å². The van der Waals surface area contributed by atoms with Crippen LogP contribution in [0.25, 0.3) is 0 Å². The van der Waals surface area contributed by atoms with Crippen LogP contribution in [-0.2, 0) is 30.8 Å². The minimum atomic E-state index is -4.06. The lowest BCUT2D eigenvalue weighted by molar-refractivity contribution is -0.143. The average molecular weight is 613 g/mol. The maximum atomic E-state index is 13.3. The van der Waals surface area contributed by atoms with E-state index in [1.807, 2.05) is 20.8 Å². The van der Waals surface area contributed by atoms with E-state index in [1.165, 1.54) is 4.90 Å². The van der Waals surface area contributed by atoms with Crippen LogP contribution < -0.4 is 25.2 Å². The Bertz CT molecular complexity index is 1350. The van der Waals surface area contributed by atoms with Gasteiger partial charge in [-0.05, 0) is 77.0 Å². The molecular formula is C26H40N6O7S2. The van der Waals surface area contributed by atoms with Crippen LogP contribution in [0.2, 0.25) is 0 Å². The molecule has 2 aliphatic heterocycles. The monoisotopic (exact) mass is 612 g/mol. The smallest absolute Gasteiger partial charge is 0.326 e. The van der Waals surface area contributed by atoms with Crippen molar-refractivity contribution in [3.05, 3.63) is 22.3 Å². The Morgan fingerprint density at radius 2 is 1.90 bits per heavy atom. The van der Waals surface area contributed by atoms with Gasteiger partial charge in [-0.1, -0.05) is 12.8 Å². The molecule has 1 saturated heterocycles. The Labute approximate surface area is 246 Å². The standard InChI is InChI=1S/C26H40N6O7S2/c1-14-15(2)22(16(3)17-12-26(4,5)39-21(14)17)41(37,38)31-25(27)28-10-6-8-18(24(35)36)30-23(34)19-9-7-11-32(19)20(33)13-29-40/h18-19,29,40H,6-13H2,1-5H3,(H,30,34)(H,35,36)(H3,27,28,31)/t18-,19-/m0/s1. The zero-order valence-corrected chi connectivity index (χ0v) is 25.7. The second-order valence-corrected chi connectivity index (χ2v) is 13.0. The fraction of sp³-hybridized carbons (Fsp3) is 0.615. The summed E-state index contributed by atoms with van der Waals surface area (Å²) in [6.45, 7) is 9.58. The molecule has 2 aliphatic rings. The highest BCUT2D eigenvalue weighted by Crippen LogP contribution is 2.43. The lowest BCUT2D eigenvalue weighted by Crippen LogP contribution is -2.51. The average Bonchev–Trinajstić information content (AvgIpc) is 3.48. The van der Waals surface area contributed by atoms with Crippen LogP contribution in [-0.4, -0.2) is 79.5 Å². The molecule has 0 unspecified atom stereocenters. The molecule has 0 bridgehead atoms. The highest BCUT2D eigenvalue weighted by Gasteiger charge is 2.37. The summed E-state index contributed by atoms with van der Waals surface area (Å²) in [6, 6.07) is -1.95. The van der Waals surface area contributed by atoms with Gasteiger partial charge in [-0.25, -0.2) is 17.9 Å². The highest BCUT2D eigenvalue weighted by molar-refractivity contribution is 7.90. The molecule has 1 aromatic carbocycles. The van der Waals surface area contributed by atoms with Crippen LogP contribution in [0.5, 0.6) is 5.75 Å². The van der Waals surface area contributed by atoms with E-state index in [0.717, 1.165) is 11.1 Å². The fourth-order valence-electron chi connectivity index (χ4n) is 5.40. The van der Waals surface area contributed by atoms with Crippen LogP contribution in [0.15, 0.2) is 9.89 Å². The van der Waals surface area contributed by atoms with E-state index in [4.69, 9.17) is 10.5 Å². The molecule has 13 nitrogen and oxygen atoms in total. The number of hydrogen-bond acceptors (Lipinski definition) is 9. The van der Waals surface area contributed by atoms with Gasteiger partial charge in [0.15, 0.2) is 0 Å². The van der Waals surface area contributed by atoms with Gasteiger partial charge in [0.1, 0.15) is 23.4 Å². The summed E-state index contributed by atoms with van der Waals surface area (Å²) in [5.74, 6) is -1.68. The summed E-state index contributed by atoms with van der Waals surface area (Å²) >= 11 is 3.81. The molecule has 0 aromatic heterocycles. The van der Waals surface area contributed by atoms with Gasteiger partial charge in [0.25, 0.3) is 10.0 Å². The molecule has 6 N–H and O–H groups in total. The van der Waals surface area contributed by atoms with Crippen molar-refractivity contribution in [2.75, 3.05) is 19.6 Å². The minimum absolute atomic E-state index is 0.0267. The van der Waals surface area contributed by atoms with Crippen LogP contribution in [0.3, 0.4) is 0 Å². The summed E-state index contributed by atoms with van der Waals surface area (Å²) in [4.78, 5) is 42.3. The number of carbonyl (C=O) groups excluding carboxylic acids is 2. The van der Waals surface area contributed by atoms with Gasteiger partial charge in [0, 0.05) is 25.1 Å². The van der Waals surface area contributed by atoms with Gasteiger partial charge in [-0.2, -0.15) is 0 Å². The van der Waals surface area contributed by atoms with Gasteiger partial charge in [-0.3, -0.25) is 19.3 Å². The number of ether oxygens (including phenoxy) is 1. The summed E-state index contributed by atoms with van der Waals surface area (Å²) in [6.07, 6.45) is 1.88. The van der Waals surface area contributed by atoms with Crippen molar-refractivity contribution < 1.29 is 32.6 Å². The normalized spacial score (nSPS) is 18.9. The maximum Gasteiger partial charge on any atom is 0.326 e. The van der Waals surface area contributed by atoms with Crippen LogP contribution in [0, 0.1) is 20.8 Å². The van der Waals surface area contributed by atoms with E-state index in [2.05, 4.69) is 32.6 Å². The van der Waals surface area contributed by atoms with E-state index in [0.29, 0.717) is 42.7 Å². The first-order valence-corrected chi connectivity index (χ1v) is 15.4. The number of nitrogens with zero attached hydrogens (tertiary/aromatic N) is 2. The number of guanidine groups is 1. The molecule has 3 rings (SSSR count). The van der Waals surface area contributed by atoms with E-state index in [-0.39, 0.29) is 42.7 Å². The number of amides is 2. The summed E-state index contributed by atoms with van der Waals surface area (Å²) < 4.78 is 37.5. The van der Waals surface area contributed by atoms with Crippen molar-refractivity contribution in [1.82, 2.24) is 19.7 Å². The first kappa shape index (κ1) is 32.5. The molecule has 0 spiro atoms. The second-order valence-electron chi connectivity index (χ2n) is 11.0. The summed E-state index contributed by atoms with van der Waals surface area (Å²) in [5, 5.41) is 12.1. The summed E-state index contributed by atoms with van der Waals surface area (Å²) in [7, 11) is -4.06. The molecule has 1 aromatic rings. The fourth-order valence-corrected chi connectivity index (χ4v) is 7.06. The third-order valence-corrected chi connectivity index (χ3v) is 9.24. The van der Waals surface area contributed by atoms with E-state index < -0.39 is 39.6 Å². The van der Waals surface area contributed by atoms with E-state index in [1.54, 1.807) is 13.8 Å². The molecule has 1 fully saturated rings. The summed E-state index contributed by atoms with van der Waals surface area (Å²) in [5.41, 5.74) is 8.21. The van der Waals surface area contributed by atoms with Gasteiger partial charge in [-0.15, -0.1) is 0 Å². The lowest BCUT2D eigenvalue weighted by atomic mass is 9.94. The number of aliphatic imine (C=N–C) groups is 1. The number of hydrogen-bond donors (Lipinski definition) is 6. The highest BCUT2D eigenvalue weighted by atomic mass is 32.2. The Balaban J connectivity index is 1.62. The Hall–Kier alpha value is -3.04. The predicted octanol–water partition coefficient (Wildman–Crippen LogP) is 0.693. The first-order valence-electron chi connectivity index (χ1n) is 13.4. The Morgan fingerprint density at radius 1 is 1.22 bits per heavy atom. The molecule has 41 heavy (non-hydrogen) atoms. The van der Waals surface area contributed by atoms with Gasteiger partial charge in [0.05, 0.1) is 11.4 Å². The number of carboxylic acid groups (broad SMARTS) is 1. The number of sulfonamides is 1. The molecule has 228 valence electrons. The molecule has 2 heterocycles. The number of thiol groups is 1. The number of aliphatic carboxylic acids is 1. The van der Waals surface area contributed by atoms with Gasteiger partial charge in [0.2, 0.25) is 17.8 Å². The Morgan fingerprint density at radius 3 is 2.54 bits per heavy atom. The third kappa shape index (κ3) is 7.43. The molecule has 0 radical (unpaired) electrons. The minimum Gasteiger partial charge on any atom is -0.487 e. The number of rotatable bonds is 11. The van der Waals surface area contributed by atoms with Crippen molar-refractivity contribution in [2.45, 2.75) is 89.3 Å². The van der Waals surface area contributed by atoms with Crippen molar-refractivity contribution >= 4 is 46.6 Å². The second kappa shape index (κ2) is 12.9. The largest absolute Gasteiger partial charge is 0.487 e. The van der Waals surface area contributed by atoms with E-state index >= 15 is 0 Å². The van der Waals surface area contributed by atoms with Crippen LogP contribution >= 0.6 is 12.8 Å².